The number of aliphatic carboxylic acids is 2. The molecule has 0 heterocycles. The van der Waals surface area contributed by atoms with Gasteiger partial charge in [0.15, 0.2) is 5.92 Å². The van der Waals surface area contributed by atoms with Crippen LogP contribution in [0.1, 0.15) is 77.6 Å². The number of hydrogen-bond acceptors (Lipinski definition) is 2. The first kappa shape index (κ1) is 19.7. The molecule has 0 aliphatic carbocycles. The Morgan fingerprint density at radius 1 is 0.810 bits per heavy atom. The Kier molecular flexibility index (Phi) is 12.8. The molecular formula is C17H30O4. The summed E-state index contributed by atoms with van der Waals surface area (Å²) in [6.45, 7) is 2.22. The molecule has 0 unspecified atom stereocenters. The summed E-state index contributed by atoms with van der Waals surface area (Å²) in [6, 6.07) is 0. The van der Waals surface area contributed by atoms with Crippen molar-refractivity contribution in [2.24, 2.45) is 5.92 Å². The average molecular weight is 298 g/mol. The van der Waals surface area contributed by atoms with Crippen LogP contribution in [-0.2, 0) is 9.59 Å². The second-order valence-electron chi connectivity index (χ2n) is 5.55. The highest BCUT2D eigenvalue weighted by Gasteiger charge is 2.23. The van der Waals surface area contributed by atoms with Crippen LogP contribution in [0.5, 0.6) is 0 Å². The van der Waals surface area contributed by atoms with Crippen molar-refractivity contribution in [1.29, 1.82) is 0 Å². The highest BCUT2D eigenvalue weighted by molar-refractivity contribution is 5.92. The van der Waals surface area contributed by atoms with Gasteiger partial charge >= 0.3 is 11.9 Å². The lowest BCUT2D eigenvalue weighted by Gasteiger charge is -2.03. The summed E-state index contributed by atoms with van der Waals surface area (Å²) >= 11 is 0. The predicted octanol–water partition coefficient (Wildman–Crippen LogP) is 4.64. The summed E-state index contributed by atoms with van der Waals surface area (Å²) in [5, 5.41) is 17.4. The van der Waals surface area contributed by atoms with Crippen LogP contribution in [0.15, 0.2) is 12.2 Å². The van der Waals surface area contributed by atoms with E-state index in [1.807, 2.05) is 6.08 Å². The van der Waals surface area contributed by atoms with Crippen molar-refractivity contribution in [1.82, 2.24) is 0 Å². The van der Waals surface area contributed by atoms with Crippen LogP contribution < -0.4 is 0 Å². The molecule has 122 valence electrons. The number of hydrogen-bond donors (Lipinski definition) is 2. The summed E-state index contributed by atoms with van der Waals surface area (Å²) < 4.78 is 0. The smallest absolute Gasteiger partial charge is 0.318 e. The van der Waals surface area contributed by atoms with Gasteiger partial charge in [0.05, 0.1) is 0 Å². The quantitative estimate of drug-likeness (QED) is 0.278. The minimum Gasteiger partial charge on any atom is -0.481 e. The minimum absolute atomic E-state index is 0.0715. The molecule has 0 bridgehead atoms. The molecule has 0 aliphatic heterocycles. The first-order valence-electron chi connectivity index (χ1n) is 8.20. The summed E-state index contributed by atoms with van der Waals surface area (Å²) in [5.41, 5.74) is 0. The topological polar surface area (TPSA) is 74.6 Å². The lowest BCUT2D eigenvalue weighted by Crippen LogP contribution is -2.22. The highest BCUT2D eigenvalue weighted by Crippen LogP contribution is 2.11. The predicted molar refractivity (Wildman–Crippen MR) is 84.4 cm³/mol. The van der Waals surface area contributed by atoms with Gasteiger partial charge in [0.1, 0.15) is 0 Å². The maximum atomic E-state index is 10.7. The Bertz CT molecular complexity index is 296. The van der Waals surface area contributed by atoms with Gasteiger partial charge in [0, 0.05) is 0 Å². The number of carbonyl (C=O) groups is 2. The standard InChI is InChI=1S/C17H30O4/c1-2-3-4-5-6-7-8-9-10-11-12-13-14-15(16(18)19)17(20)21/h12-13,15H,2-11,14H2,1H3,(H,18,19)(H,20,21)/b13-12-. The van der Waals surface area contributed by atoms with Gasteiger partial charge in [-0.15, -0.1) is 0 Å². The Morgan fingerprint density at radius 3 is 1.76 bits per heavy atom. The fourth-order valence-electron chi connectivity index (χ4n) is 2.23. The second kappa shape index (κ2) is 13.7. The summed E-state index contributed by atoms with van der Waals surface area (Å²) in [5.74, 6) is -3.85. The van der Waals surface area contributed by atoms with Crippen LogP contribution in [0.2, 0.25) is 0 Å². The molecule has 0 aromatic heterocycles. The molecule has 0 atom stereocenters. The molecule has 21 heavy (non-hydrogen) atoms. The third-order valence-corrected chi connectivity index (χ3v) is 3.61. The Labute approximate surface area is 128 Å². The van der Waals surface area contributed by atoms with Gasteiger partial charge in [-0.05, 0) is 19.3 Å². The zero-order valence-electron chi connectivity index (χ0n) is 13.2. The first-order chi connectivity index (χ1) is 10.1. The second-order valence-corrected chi connectivity index (χ2v) is 5.55. The molecule has 0 amide bonds. The maximum Gasteiger partial charge on any atom is 0.318 e. The van der Waals surface area contributed by atoms with E-state index in [-0.39, 0.29) is 6.42 Å². The van der Waals surface area contributed by atoms with E-state index >= 15 is 0 Å². The maximum absolute atomic E-state index is 10.7. The van der Waals surface area contributed by atoms with Crippen molar-refractivity contribution in [2.75, 3.05) is 0 Å². The van der Waals surface area contributed by atoms with E-state index in [4.69, 9.17) is 10.2 Å². The van der Waals surface area contributed by atoms with E-state index in [0.717, 1.165) is 12.8 Å². The van der Waals surface area contributed by atoms with Crippen molar-refractivity contribution in [3.8, 4) is 0 Å². The molecule has 0 radical (unpaired) electrons. The van der Waals surface area contributed by atoms with Crippen LogP contribution in [0, 0.1) is 5.92 Å². The number of allylic oxidation sites excluding steroid dienone is 2. The number of unbranched alkanes of at least 4 members (excludes halogenated alkanes) is 9. The zero-order chi connectivity index (χ0) is 15.9. The van der Waals surface area contributed by atoms with E-state index in [2.05, 4.69) is 6.92 Å². The van der Waals surface area contributed by atoms with Crippen LogP contribution >= 0.6 is 0 Å². The molecule has 0 saturated heterocycles. The summed E-state index contributed by atoms with van der Waals surface area (Å²) in [6.07, 6.45) is 16.1. The SMILES string of the molecule is CCCCCCCCCCC/C=C\CC(C(=O)O)C(=O)O. The van der Waals surface area contributed by atoms with Gasteiger partial charge in [0.25, 0.3) is 0 Å². The van der Waals surface area contributed by atoms with Crippen molar-refractivity contribution in [2.45, 2.75) is 77.6 Å². The van der Waals surface area contributed by atoms with Gasteiger partial charge < -0.3 is 10.2 Å². The van der Waals surface area contributed by atoms with Crippen molar-refractivity contribution >= 4 is 11.9 Å². The molecule has 0 spiro atoms. The average Bonchev–Trinajstić information content (AvgIpc) is 2.43. The van der Waals surface area contributed by atoms with E-state index in [0.29, 0.717) is 0 Å². The van der Waals surface area contributed by atoms with Gasteiger partial charge in [-0.3, -0.25) is 9.59 Å². The molecule has 2 N–H and O–H groups in total. The van der Waals surface area contributed by atoms with Gasteiger partial charge in [-0.25, -0.2) is 0 Å². The van der Waals surface area contributed by atoms with Crippen LogP contribution in [0.3, 0.4) is 0 Å². The molecule has 0 aliphatic rings. The summed E-state index contributed by atoms with van der Waals surface area (Å²) in [4.78, 5) is 21.3. The molecule has 0 rings (SSSR count). The van der Waals surface area contributed by atoms with Crippen molar-refractivity contribution < 1.29 is 19.8 Å². The summed E-state index contributed by atoms with van der Waals surface area (Å²) in [7, 11) is 0. The number of carboxylic acid groups (broad SMARTS) is 2. The highest BCUT2D eigenvalue weighted by atomic mass is 16.4. The van der Waals surface area contributed by atoms with Crippen molar-refractivity contribution in [3.63, 3.8) is 0 Å². The van der Waals surface area contributed by atoms with Gasteiger partial charge in [0.2, 0.25) is 0 Å². The molecule has 4 heteroatoms. The third kappa shape index (κ3) is 12.2. The lowest BCUT2D eigenvalue weighted by atomic mass is 10.0. The molecular weight excluding hydrogens is 268 g/mol. The van der Waals surface area contributed by atoms with E-state index < -0.39 is 17.9 Å². The van der Waals surface area contributed by atoms with E-state index in [9.17, 15) is 9.59 Å². The number of carboxylic acids is 2. The molecule has 4 nitrogen and oxygen atoms in total. The Morgan fingerprint density at radius 2 is 1.29 bits per heavy atom. The fourth-order valence-corrected chi connectivity index (χ4v) is 2.23. The molecule has 0 saturated carbocycles. The van der Waals surface area contributed by atoms with Crippen LogP contribution in [0.25, 0.3) is 0 Å². The van der Waals surface area contributed by atoms with E-state index in [1.165, 1.54) is 51.4 Å². The largest absolute Gasteiger partial charge is 0.481 e. The minimum atomic E-state index is -1.32. The molecule has 0 aromatic rings. The van der Waals surface area contributed by atoms with Gasteiger partial charge in [-0.2, -0.15) is 0 Å². The normalized spacial score (nSPS) is 11.3. The van der Waals surface area contributed by atoms with Crippen molar-refractivity contribution in [3.05, 3.63) is 12.2 Å². The number of rotatable bonds is 14. The van der Waals surface area contributed by atoms with Gasteiger partial charge in [-0.1, -0.05) is 70.4 Å². The monoisotopic (exact) mass is 298 g/mol. The zero-order valence-corrected chi connectivity index (χ0v) is 13.2. The fraction of sp³-hybridized carbons (Fsp3) is 0.765. The first-order valence-corrected chi connectivity index (χ1v) is 8.20. The third-order valence-electron chi connectivity index (χ3n) is 3.61. The Hall–Kier alpha value is -1.32. The van der Waals surface area contributed by atoms with Crippen LogP contribution in [0.4, 0.5) is 0 Å². The lowest BCUT2D eigenvalue weighted by molar-refractivity contribution is -0.154. The Balaban J connectivity index is 3.44. The molecule has 0 aromatic carbocycles. The molecule has 0 fully saturated rings. The van der Waals surface area contributed by atoms with Crippen LogP contribution in [-0.4, -0.2) is 22.2 Å². The van der Waals surface area contributed by atoms with E-state index in [1.54, 1.807) is 6.08 Å².